The highest BCUT2D eigenvalue weighted by Crippen LogP contribution is 2.35. The fourth-order valence-corrected chi connectivity index (χ4v) is 3.53. The summed E-state index contributed by atoms with van der Waals surface area (Å²) in [7, 11) is 2.11. The van der Waals surface area contributed by atoms with Crippen molar-refractivity contribution in [1.82, 2.24) is 0 Å². The summed E-state index contributed by atoms with van der Waals surface area (Å²) in [6.45, 7) is 2.33. The summed E-state index contributed by atoms with van der Waals surface area (Å²) < 4.78 is 0. The number of aliphatic hydroxyl groups excluding tert-OH is 1. The first kappa shape index (κ1) is 14.7. The van der Waals surface area contributed by atoms with Gasteiger partial charge < -0.3 is 10.0 Å². The van der Waals surface area contributed by atoms with Crippen LogP contribution in [-0.4, -0.2) is 18.2 Å². The van der Waals surface area contributed by atoms with Gasteiger partial charge in [0.05, 0.1) is 17.3 Å². The van der Waals surface area contributed by atoms with Crippen molar-refractivity contribution in [2.75, 3.05) is 11.9 Å². The van der Waals surface area contributed by atoms with Crippen LogP contribution in [0.1, 0.15) is 44.6 Å². The molecule has 0 spiro atoms. The molecule has 0 atom stereocenters. The fraction of sp³-hybridized carbons (Fsp3) is 0.625. The molecule has 0 bridgehead atoms. The van der Waals surface area contributed by atoms with E-state index in [0.717, 1.165) is 22.2 Å². The predicted molar refractivity (Wildman–Crippen MR) is 81.8 cm³/mol. The number of aliphatic hydroxyl groups is 1. The van der Waals surface area contributed by atoms with Gasteiger partial charge in [-0.1, -0.05) is 37.1 Å². The van der Waals surface area contributed by atoms with Crippen molar-refractivity contribution in [1.29, 1.82) is 0 Å². The van der Waals surface area contributed by atoms with Crippen molar-refractivity contribution in [2.24, 2.45) is 5.92 Å². The molecule has 0 amide bonds. The van der Waals surface area contributed by atoms with Crippen LogP contribution < -0.4 is 4.90 Å². The second kappa shape index (κ2) is 6.62. The van der Waals surface area contributed by atoms with Crippen molar-refractivity contribution in [2.45, 2.75) is 51.7 Å². The average molecular weight is 282 g/mol. The van der Waals surface area contributed by atoms with Crippen molar-refractivity contribution >= 4 is 17.3 Å². The van der Waals surface area contributed by atoms with Crippen LogP contribution >= 0.6 is 11.6 Å². The molecule has 2 rings (SSSR count). The van der Waals surface area contributed by atoms with Gasteiger partial charge >= 0.3 is 0 Å². The minimum atomic E-state index is 0.0462. The molecule has 0 unspecified atom stereocenters. The minimum absolute atomic E-state index is 0.0462. The number of halogens is 1. The zero-order valence-electron chi connectivity index (χ0n) is 11.9. The first-order chi connectivity index (χ1) is 9.17. The summed E-state index contributed by atoms with van der Waals surface area (Å²) in [5, 5.41) is 10.2. The maximum Gasteiger partial charge on any atom is 0.0702 e. The van der Waals surface area contributed by atoms with Gasteiger partial charge in [0.2, 0.25) is 0 Å². The van der Waals surface area contributed by atoms with Gasteiger partial charge in [0.1, 0.15) is 0 Å². The molecule has 0 radical (unpaired) electrons. The van der Waals surface area contributed by atoms with Crippen LogP contribution in [-0.2, 0) is 6.61 Å². The molecule has 0 saturated heterocycles. The van der Waals surface area contributed by atoms with E-state index in [1.165, 1.54) is 32.1 Å². The summed E-state index contributed by atoms with van der Waals surface area (Å²) in [6, 6.07) is 6.31. The molecule has 0 heterocycles. The molecule has 0 aromatic heterocycles. The van der Waals surface area contributed by atoms with Crippen molar-refractivity contribution < 1.29 is 5.11 Å². The van der Waals surface area contributed by atoms with Crippen LogP contribution in [0.15, 0.2) is 18.2 Å². The van der Waals surface area contributed by atoms with Gasteiger partial charge in [-0.25, -0.2) is 0 Å². The molecule has 106 valence electrons. The lowest BCUT2D eigenvalue weighted by molar-refractivity contribution is 0.280. The Balaban J connectivity index is 2.14. The van der Waals surface area contributed by atoms with Crippen molar-refractivity contribution in [3.05, 3.63) is 28.8 Å². The van der Waals surface area contributed by atoms with E-state index < -0.39 is 0 Å². The summed E-state index contributed by atoms with van der Waals surface area (Å²) in [4.78, 5) is 2.28. The highest BCUT2D eigenvalue weighted by Gasteiger charge is 2.25. The molecule has 0 aliphatic heterocycles. The Kier molecular flexibility index (Phi) is 5.12. The number of benzene rings is 1. The highest BCUT2D eigenvalue weighted by molar-refractivity contribution is 6.33. The third kappa shape index (κ3) is 3.24. The van der Waals surface area contributed by atoms with Gasteiger partial charge in [-0.3, -0.25) is 0 Å². The van der Waals surface area contributed by atoms with Gasteiger partial charge in [-0.15, -0.1) is 0 Å². The number of nitrogens with zero attached hydrogens (tertiary/aromatic N) is 1. The second-order valence-corrected chi connectivity index (χ2v) is 6.01. The first-order valence-corrected chi connectivity index (χ1v) is 7.66. The molecule has 1 aromatic carbocycles. The lowest BCUT2D eigenvalue weighted by Crippen LogP contribution is -2.35. The Bertz CT molecular complexity index is 413. The summed E-state index contributed by atoms with van der Waals surface area (Å²) in [5.41, 5.74) is 1.93. The third-order valence-corrected chi connectivity index (χ3v) is 4.84. The average Bonchev–Trinajstić information content (AvgIpc) is 2.46. The molecular weight excluding hydrogens is 258 g/mol. The predicted octanol–water partition coefficient (Wildman–Crippen LogP) is 4.24. The van der Waals surface area contributed by atoms with Crippen LogP contribution in [0.4, 0.5) is 5.69 Å². The molecule has 1 aromatic rings. The van der Waals surface area contributed by atoms with E-state index in [4.69, 9.17) is 11.6 Å². The van der Waals surface area contributed by atoms with Gasteiger partial charge in [-0.05, 0) is 37.7 Å². The van der Waals surface area contributed by atoms with Crippen LogP contribution in [0.5, 0.6) is 0 Å². The molecule has 1 saturated carbocycles. The molecule has 1 aliphatic rings. The standard InChI is InChI=1S/C16H24ClNO/c1-3-12-7-9-14(10-8-12)18(2)16-13(11-19)5-4-6-15(16)17/h4-6,12,14,19H,3,7-11H2,1-2H3. The number of hydrogen-bond acceptors (Lipinski definition) is 2. The van der Waals surface area contributed by atoms with E-state index in [9.17, 15) is 5.11 Å². The van der Waals surface area contributed by atoms with Crippen molar-refractivity contribution in [3.8, 4) is 0 Å². The lowest BCUT2D eigenvalue weighted by Gasteiger charge is -2.37. The minimum Gasteiger partial charge on any atom is -0.392 e. The van der Waals surface area contributed by atoms with Crippen LogP contribution in [0.2, 0.25) is 5.02 Å². The Morgan fingerprint density at radius 3 is 2.53 bits per heavy atom. The smallest absolute Gasteiger partial charge is 0.0702 e. The van der Waals surface area contributed by atoms with E-state index in [-0.39, 0.29) is 6.61 Å². The summed E-state index contributed by atoms with van der Waals surface area (Å²) in [5.74, 6) is 0.896. The summed E-state index contributed by atoms with van der Waals surface area (Å²) in [6.07, 6.45) is 6.37. The van der Waals surface area contributed by atoms with Crippen LogP contribution in [0, 0.1) is 5.92 Å². The monoisotopic (exact) mass is 281 g/mol. The molecule has 1 aliphatic carbocycles. The zero-order chi connectivity index (χ0) is 13.8. The molecular formula is C16H24ClNO. The lowest BCUT2D eigenvalue weighted by atomic mass is 9.84. The summed E-state index contributed by atoms with van der Waals surface area (Å²) >= 11 is 6.33. The van der Waals surface area contributed by atoms with Crippen molar-refractivity contribution in [3.63, 3.8) is 0 Å². The van der Waals surface area contributed by atoms with Crippen LogP contribution in [0.3, 0.4) is 0 Å². The highest BCUT2D eigenvalue weighted by atomic mass is 35.5. The number of para-hydroxylation sites is 1. The van der Waals surface area contributed by atoms with E-state index >= 15 is 0 Å². The first-order valence-electron chi connectivity index (χ1n) is 7.28. The Morgan fingerprint density at radius 1 is 1.26 bits per heavy atom. The van der Waals surface area contributed by atoms with Crippen LogP contribution in [0.25, 0.3) is 0 Å². The quantitative estimate of drug-likeness (QED) is 0.892. The van der Waals surface area contributed by atoms with Gasteiger partial charge in [0, 0.05) is 18.7 Å². The largest absolute Gasteiger partial charge is 0.392 e. The van der Waals surface area contributed by atoms with E-state index in [0.29, 0.717) is 6.04 Å². The number of hydrogen-bond donors (Lipinski definition) is 1. The maximum absolute atomic E-state index is 9.48. The molecule has 19 heavy (non-hydrogen) atoms. The van der Waals surface area contributed by atoms with Gasteiger partial charge in [-0.2, -0.15) is 0 Å². The maximum atomic E-state index is 9.48. The number of rotatable bonds is 4. The molecule has 2 nitrogen and oxygen atoms in total. The third-order valence-electron chi connectivity index (χ3n) is 4.53. The topological polar surface area (TPSA) is 23.5 Å². The molecule has 1 N–H and O–H groups in total. The fourth-order valence-electron chi connectivity index (χ4n) is 3.21. The van der Waals surface area contributed by atoms with Gasteiger partial charge in [0.25, 0.3) is 0 Å². The van der Waals surface area contributed by atoms with E-state index in [1.807, 2.05) is 18.2 Å². The number of anilines is 1. The van der Waals surface area contributed by atoms with Gasteiger partial charge in [0.15, 0.2) is 0 Å². The Morgan fingerprint density at radius 2 is 1.95 bits per heavy atom. The molecule has 3 heteroatoms. The Hall–Kier alpha value is -0.730. The Labute approximate surface area is 121 Å². The molecule has 1 fully saturated rings. The SMILES string of the molecule is CCC1CCC(N(C)c2c(Cl)cccc2CO)CC1. The normalized spacial score (nSPS) is 23.4. The van der Waals surface area contributed by atoms with E-state index in [2.05, 4.69) is 18.9 Å². The second-order valence-electron chi connectivity index (χ2n) is 5.60. The zero-order valence-corrected chi connectivity index (χ0v) is 12.7. The van der Waals surface area contributed by atoms with E-state index in [1.54, 1.807) is 0 Å².